The Labute approximate surface area is 116 Å². The van der Waals surface area contributed by atoms with Gasteiger partial charge in [0.1, 0.15) is 11.4 Å². The van der Waals surface area contributed by atoms with Crippen molar-refractivity contribution in [2.75, 3.05) is 11.4 Å². The molecule has 0 bridgehead atoms. The second kappa shape index (κ2) is 4.86. The zero-order chi connectivity index (χ0) is 15.1. The molecule has 6 heteroatoms. The summed E-state index contributed by atoms with van der Waals surface area (Å²) in [4.78, 5) is 25.0. The van der Waals surface area contributed by atoms with Crippen LogP contribution in [-0.2, 0) is 9.59 Å². The highest BCUT2D eigenvalue weighted by Crippen LogP contribution is 2.34. The van der Waals surface area contributed by atoms with Crippen LogP contribution in [0.2, 0.25) is 0 Å². The average molecular weight is 280 g/mol. The van der Waals surface area contributed by atoms with E-state index >= 15 is 0 Å². The Bertz CT molecular complexity index is 570. The number of piperazine rings is 1. The third-order valence-corrected chi connectivity index (χ3v) is 3.52. The van der Waals surface area contributed by atoms with E-state index in [2.05, 4.69) is 5.32 Å². The van der Waals surface area contributed by atoms with Crippen LogP contribution in [0.25, 0.3) is 0 Å². The van der Waals surface area contributed by atoms with Crippen LogP contribution < -0.4 is 10.2 Å². The SMILES string of the molecule is CC(O)c1c(F)cccc1N1CC(=O)NC(=O)C1(C)C. The van der Waals surface area contributed by atoms with E-state index in [1.165, 1.54) is 24.0 Å². The van der Waals surface area contributed by atoms with Crippen molar-refractivity contribution in [2.45, 2.75) is 32.4 Å². The van der Waals surface area contributed by atoms with Crippen LogP contribution >= 0.6 is 0 Å². The van der Waals surface area contributed by atoms with Gasteiger partial charge in [0.15, 0.2) is 0 Å². The fourth-order valence-electron chi connectivity index (χ4n) is 2.34. The number of aliphatic hydroxyl groups is 1. The first kappa shape index (κ1) is 14.5. The maximum Gasteiger partial charge on any atom is 0.251 e. The number of nitrogens with one attached hydrogen (secondary N) is 1. The van der Waals surface area contributed by atoms with Gasteiger partial charge in [-0.15, -0.1) is 0 Å². The zero-order valence-electron chi connectivity index (χ0n) is 11.6. The summed E-state index contributed by atoms with van der Waals surface area (Å²) >= 11 is 0. The Hall–Kier alpha value is -1.95. The summed E-state index contributed by atoms with van der Waals surface area (Å²) in [6.45, 7) is 4.67. The van der Waals surface area contributed by atoms with Gasteiger partial charge in [0.2, 0.25) is 5.91 Å². The second-order valence-corrected chi connectivity index (χ2v) is 5.37. The molecule has 1 aromatic carbocycles. The average Bonchev–Trinajstić information content (AvgIpc) is 2.33. The molecular formula is C14H17FN2O3. The molecule has 2 rings (SSSR count). The topological polar surface area (TPSA) is 69.6 Å². The van der Waals surface area contributed by atoms with Crippen molar-refractivity contribution in [3.63, 3.8) is 0 Å². The fraction of sp³-hybridized carbons (Fsp3) is 0.429. The number of hydrogen-bond donors (Lipinski definition) is 2. The molecule has 2 amide bonds. The van der Waals surface area contributed by atoms with E-state index in [9.17, 15) is 19.1 Å². The predicted octanol–water partition coefficient (Wildman–Crippen LogP) is 1.12. The third kappa shape index (κ3) is 2.27. The van der Waals surface area contributed by atoms with E-state index in [-0.39, 0.29) is 12.1 Å². The van der Waals surface area contributed by atoms with Crippen LogP contribution in [0.3, 0.4) is 0 Å². The molecule has 0 aromatic heterocycles. The zero-order valence-corrected chi connectivity index (χ0v) is 11.6. The van der Waals surface area contributed by atoms with Gasteiger partial charge in [-0.3, -0.25) is 14.9 Å². The van der Waals surface area contributed by atoms with Crippen LogP contribution in [0, 0.1) is 5.82 Å². The van der Waals surface area contributed by atoms with E-state index in [0.717, 1.165) is 0 Å². The van der Waals surface area contributed by atoms with Gasteiger partial charge in [0.25, 0.3) is 5.91 Å². The van der Waals surface area contributed by atoms with Crippen LogP contribution in [0.15, 0.2) is 18.2 Å². The summed E-state index contributed by atoms with van der Waals surface area (Å²) < 4.78 is 13.9. The van der Waals surface area contributed by atoms with Crippen molar-refractivity contribution in [3.8, 4) is 0 Å². The molecule has 0 saturated carbocycles. The lowest BCUT2D eigenvalue weighted by Gasteiger charge is -2.42. The molecule has 1 aromatic rings. The number of anilines is 1. The van der Waals surface area contributed by atoms with Gasteiger partial charge in [0, 0.05) is 11.3 Å². The summed E-state index contributed by atoms with van der Waals surface area (Å²) in [5.41, 5.74) is -0.568. The molecular weight excluding hydrogens is 263 g/mol. The largest absolute Gasteiger partial charge is 0.389 e. The molecule has 2 N–H and O–H groups in total. The summed E-state index contributed by atoms with van der Waals surface area (Å²) in [5.74, 6) is -1.46. The minimum atomic E-state index is -1.04. The first-order valence-corrected chi connectivity index (χ1v) is 6.33. The first-order valence-electron chi connectivity index (χ1n) is 6.33. The van der Waals surface area contributed by atoms with E-state index in [4.69, 9.17) is 0 Å². The molecule has 0 aliphatic carbocycles. The number of imide groups is 1. The standard InChI is InChI=1S/C14H17FN2O3/c1-8(18)12-9(15)5-4-6-10(12)17-7-11(19)16-13(20)14(17,2)3/h4-6,8,18H,7H2,1-3H3,(H,16,19,20). The molecule has 1 saturated heterocycles. The Balaban J connectivity index is 2.57. The van der Waals surface area contributed by atoms with E-state index < -0.39 is 29.3 Å². The number of halogens is 1. The van der Waals surface area contributed by atoms with Crippen LogP contribution in [0.4, 0.5) is 10.1 Å². The summed E-state index contributed by atoms with van der Waals surface area (Å²) in [6, 6.07) is 4.33. The van der Waals surface area contributed by atoms with Gasteiger partial charge < -0.3 is 10.0 Å². The number of amides is 2. The Morgan fingerprint density at radius 3 is 2.65 bits per heavy atom. The number of rotatable bonds is 2. The van der Waals surface area contributed by atoms with Gasteiger partial charge in [-0.05, 0) is 32.9 Å². The number of carbonyl (C=O) groups excluding carboxylic acids is 2. The Kier molecular flexibility index (Phi) is 3.52. The van der Waals surface area contributed by atoms with Crippen molar-refractivity contribution in [3.05, 3.63) is 29.6 Å². The lowest BCUT2D eigenvalue weighted by atomic mass is 9.95. The van der Waals surface area contributed by atoms with Crippen LogP contribution in [0.1, 0.15) is 32.4 Å². The van der Waals surface area contributed by atoms with Crippen molar-refractivity contribution >= 4 is 17.5 Å². The number of carbonyl (C=O) groups is 2. The van der Waals surface area contributed by atoms with Crippen LogP contribution in [0.5, 0.6) is 0 Å². The minimum absolute atomic E-state index is 0.0675. The van der Waals surface area contributed by atoms with Gasteiger partial charge in [0.05, 0.1) is 12.6 Å². The number of benzene rings is 1. The monoisotopic (exact) mass is 280 g/mol. The molecule has 0 spiro atoms. The molecule has 1 fully saturated rings. The molecule has 1 atom stereocenters. The van der Waals surface area contributed by atoms with Gasteiger partial charge in [-0.1, -0.05) is 6.07 Å². The molecule has 5 nitrogen and oxygen atoms in total. The molecule has 20 heavy (non-hydrogen) atoms. The molecule has 1 aliphatic rings. The third-order valence-electron chi connectivity index (χ3n) is 3.52. The van der Waals surface area contributed by atoms with Gasteiger partial charge in [-0.25, -0.2) is 4.39 Å². The quantitative estimate of drug-likeness (QED) is 0.797. The smallest absolute Gasteiger partial charge is 0.251 e. The Morgan fingerprint density at radius 1 is 1.40 bits per heavy atom. The summed E-state index contributed by atoms with van der Waals surface area (Å²) in [7, 11) is 0. The van der Waals surface area contributed by atoms with Gasteiger partial charge in [-0.2, -0.15) is 0 Å². The lowest BCUT2D eigenvalue weighted by molar-refractivity contribution is -0.135. The fourth-order valence-corrected chi connectivity index (χ4v) is 2.34. The maximum absolute atomic E-state index is 13.9. The predicted molar refractivity (Wildman–Crippen MR) is 71.6 cm³/mol. The number of nitrogens with zero attached hydrogens (tertiary/aromatic N) is 1. The van der Waals surface area contributed by atoms with Crippen molar-refractivity contribution in [1.82, 2.24) is 5.32 Å². The highest BCUT2D eigenvalue weighted by atomic mass is 19.1. The molecule has 1 heterocycles. The maximum atomic E-state index is 13.9. The highest BCUT2D eigenvalue weighted by Gasteiger charge is 2.42. The van der Waals surface area contributed by atoms with E-state index in [0.29, 0.717) is 5.69 Å². The van der Waals surface area contributed by atoms with Crippen molar-refractivity contribution in [1.29, 1.82) is 0 Å². The number of aliphatic hydroxyl groups excluding tert-OH is 1. The van der Waals surface area contributed by atoms with E-state index in [1.54, 1.807) is 19.9 Å². The lowest BCUT2D eigenvalue weighted by Crippen LogP contribution is -2.64. The summed E-state index contributed by atoms with van der Waals surface area (Å²) in [6.07, 6.45) is -1.04. The van der Waals surface area contributed by atoms with Crippen LogP contribution in [-0.4, -0.2) is 29.0 Å². The minimum Gasteiger partial charge on any atom is -0.389 e. The molecule has 1 unspecified atom stereocenters. The second-order valence-electron chi connectivity index (χ2n) is 5.37. The van der Waals surface area contributed by atoms with E-state index in [1.807, 2.05) is 0 Å². The highest BCUT2D eigenvalue weighted by molar-refractivity contribution is 6.06. The van der Waals surface area contributed by atoms with Crippen molar-refractivity contribution in [2.24, 2.45) is 0 Å². The Morgan fingerprint density at radius 2 is 2.05 bits per heavy atom. The van der Waals surface area contributed by atoms with Crippen molar-refractivity contribution < 1.29 is 19.1 Å². The summed E-state index contributed by atoms with van der Waals surface area (Å²) in [5, 5.41) is 12.0. The number of hydrogen-bond acceptors (Lipinski definition) is 4. The molecule has 108 valence electrons. The van der Waals surface area contributed by atoms with Gasteiger partial charge >= 0.3 is 0 Å². The molecule has 1 aliphatic heterocycles. The molecule has 0 radical (unpaired) electrons. The normalized spacial score (nSPS) is 19.8. The first-order chi connectivity index (χ1) is 9.25.